The molecule has 1 N–H and O–H groups in total. The molecule has 0 aliphatic heterocycles. The minimum atomic E-state index is 0.0727. The Kier molecular flexibility index (Phi) is 5.14. The van der Waals surface area contributed by atoms with Crippen LogP contribution in [0, 0.1) is 13.8 Å². The summed E-state index contributed by atoms with van der Waals surface area (Å²) in [4.78, 5) is 0. The van der Waals surface area contributed by atoms with Gasteiger partial charge in [-0.15, -0.1) is 10.2 Å². The first kappa shape index (κ1) is 17.2. The Morgan fingerprint density at radius 3 is 2.08 bits per heavy atom. The predicted molar refractivity (Wildman–Crippen MR) is 98.6 cm³/mol. The van der Waals surface area contributed by atoms with Gasteiger partial charge in [0.1, 0.15) is 17.4 Å². The highest BCUT2D eigenvalue weighted by Crippen LogP contribution is 2.25. The molecule has 130 valence electrons. The number of rotatable bonds is 6. The lowest BCUT2D eigenvalue weighted by Gasteiger charge is -2.20. The van der Waals surface area contributed by atoms with Crippen LogP contribution in [0.25, 0.3) is 0 Å². The van der Waals surface area contributed by atoms with Gasteiger partial charge in [-0.1, -0.05) is 42.0 Å². The third-order valence-electron chi connectivity index (χ3n) is 4.51. The minimum absolute atomic E-state index is 0.0727. The van der Waals surface area contributed by atoms with Crippen molar-refractivity contribution in [2.24, 2.45) is 7.05 Å². The first-order chi connectivity index (χ1) is 12.1. The highest BCUT2D eigenvalue weighted by Gasteiger charge is 2.15. The second-order valence-electron chi connectivity index (χ2n) is 6.22. The topological polar surface area (TPSA) is 52.0 Å². The van der Waals surface area contributed by atoms with E-state index in [1.54, 1.807) is 7.11 Å². The van der Waals surface area contributed by atoms with Gasteiger partial charge in [0.15, 0.2) is 0 Å². The van der Waals surface area contributed by atoms with Gasteiger partial charge in [0.2, 0.25) is 0 Å². The number of benzene rings is 2. The Labute approximate surface area is 148 Å². The molecule has 0 amide bonds. The molecule has 3 aromatic rings. The average Bonchev–Trinajstić information content (AvgIpc) is 2.96. The van der Waals surface area contributed by atoms with Crippen LogP contribution in [0.15, 0.2) is 48.5 Å². The predicted octanol–water partition coefficient (Wildman–Crippen LogP) is 3.32. The van der Waals surface area contributed by atoms with Crippen molar-refractivity contribution in [1.29, 1.82) is 0 Å². The third-order valence-corrected chi connectivity index (χ3v) is 4.51. The first-order valence-electron chi connectivity index (χ1n) is 8.37. The molecule has 0 saturated heterocycles. The van der Waals surface area contributed by atoms with E-state index in [0.717, 1.165) is 17.4 Å². The molecule has 25 heavy (non-hydrogen) atoms. The second-order valence-corrected chi connectivity index (χ2v) is 6.22. The molecule has 0 aliphatic carbocycles. The van der Waals surface area contributed by atoms with Crippen molar-refractivity contribution in [3.05, 3.63) is 76.9 Å². The fourth-order valence-electron chi connectivity index (χ4n) is 2.78. The standard InChI is InChI=1S/C20H24N4O/c1-14-5-7-16(8-6-14)20(17-9-11-18(25-4)12-10-17)21-13-19-23-22-15(2)24(19)3/h5-12,20-21H,13H2,1-4H3/t20-/m1/s1. The van der Waals surface area contributed by atoms with Crippen LogP contribution >= 0.6 is 0 Å². The molecule has 5 nitrogen and oxygen atoms in total. The maximum atomic E-state index is 5.28. The summed E-state index contributed by atoms with van der Waals surface area (Å²) in [7, 11) is 3.67. The van der Waals surface area contributed by atoms with Crippen LogP contribution in [-0.4, -0.2) is 21.9 Å². The first-order valence-corrected chi connectivity index (χ1v) is 8.37. The normalized spacial score (nSPS) is 12.2. The second kappa shape index (κ2) is 7.49. The van der Waals surface area contributed by atoms with E-state index in [0.29, 0.717) is 6.54 Å². The SMILES string of the molecule is COc1ccc([C@H](NCc2nnc(C)n2C)c2ccc(C)cc2)cc1. The van der Waals surface area contributed by atoms with Crippen LogP contribution in [0.2, 0.25) is 0 Å². The van der Waals surface area contributed by atoms with Crippen LogP contribution in [0.5, 0.6) is 5.75 Å². The van der Waals surface area contributed by atoms with Crippen molar-refractivity contribution in [3.8, 4) is 5.75 Å². The summed E-state index contributed by atoms with van der Waals surface area (Å²) in [6, 6.07) is 16.9. The summed E-state index contributed by atoms with van der Waals surface area (Å²) in [5.41, 5.74) is 3.65. The number of nitrogens with one attached hydrogen (secondary N) is 1. The van der Waals surface area contributed by atoms with E-state index >= 15 is 0 Å². The van der Waals surface area contributed by atoms with Crippen LogP contribution in [0.1, 0.15) is 34.4 Å². The van der Waals surface area contributed by atoms with Crippen LogP contribution < -0.4 is 10.1 Å². The van der Waals surface area contributed by atoms with E-state index in [9.17, 15) is 0 Å². The van der Waals surface area contributed by atoms with E-state index in [1.807, 2.05) is 30.7 Å². The molecule has 3 rings (SSSR count). The molecule has 0 aliphatic rings. The molecule has 1 atom stereocenters. The van der Waals surface area contributed by atoms with Gasteiger partial charge in [-0.05, 0) is 37.1 Å². The minimum Gasteiger partial charge on any atom is -0.497 e. The maximum absolute atomic E-state index is 5.28. The molecule has 1 aromatic heterocycles. The van der Waals surface area contributed by atoms with Gasteiger partial charge < -0.3 is 9.30 Å². The van der Waals surface area contributed by atoms with Crippen molar-refractivity contribution < 1.29 is 4.74 Å². The van der Waals surface area contributed by atoms with Gasteiger partial charge in [0.05, 0.1) is 19.7 Å². The molecule has 0 radical (unpaired) electrons. The summed E-state index contributed by atoms with van der Waals surface area (Å²) < 4.78 is 7.28. The van der Waals surface area contributed by atoms with E-state index < -0.39 is 0 Å². The number of aryl methyl sites for hydroxylation is 2. The smallest absolute Gasteiger partial charge is 0.146 e. The lowest BCUT2D eigenvalue weighted by Crippen LogP contribution is -2.23. The quantitative estimate of drug-likeness (QED) is 0.750. The molecule has 2 aromatic carbocycles. The summed E-state index contributed by atoms with van der Waals surface area (Å²) in [6.45, 7) is 4.70. The average molecular weight is 336 g/mol. The Morgan fingerprint density at radius 2 is 1.56 bits per heavy atom. The number of methoxy groups -OCH3 is 1. The van der Waals surface area contributed by atoms with Gasteiger partial charge >= 0.3 is 0 Å². The zero-order valence-corrected chi connectivity index (χ0v) is 15.2. The molecule has 0 fully saturated rings. The van der Waals surface area contributed by atoms with Crippen LogP contribution in [0.3, 0.4) is 0 Å². The number of ether oxygens (including phenoxy) is 1. The maximum Gasteiger partial charge on any atom is 0.146 e. The molecule has 0 unspecified atom stereocenters. The number of hydrogen-bond acceptors (Lipinski definition) is 4. The van der Waals surface area contributed by atoms with E-state index in [2.05, 4.69) is 58.8 Å². The lowest BCUT2D eigenvalue weighted by atomic mass is 9.97. The van der Waals surface area contributed by atoms with Gasteiger partial charge in [0.25, 0.3) is 0 Å². The monoisotopic (exact) mass is 336 g/mol. The molecule has 0 spiro atoms. The molecular weight excluding hydrogens is 312 g/mol. The van der Waals surface area contributed by atoms with Gasteiger partial charge in [0, 0.05) is 7.05 Å². The zero-order valence-electron chi connectivity index (χ0n) is 15.2. The summed E-state index contributed by atoms with van der Waals surface area (Å²) >= 11 is 0. The van der Waals surface area contributed by atoms with Crippen molar-refractivity contribution >= 4 is 0 Å². The molecule has 0 saturated carbocycles. The Hall–Kier alpha value is -2.66. The largest absolute Gasteiger partial charge is 0.497 e. The summed E-state index contributed by atoms with van der Waals surface area (Å²) in [6.07, 6.45) is 0. The number of nitrogens with zero attached hydrogens (tertiary/aromatic N) is 3. The number of aromatic nitrogens is 3. The van der Waals surface area contributed by atoms with Crippen LogP contribution in [0.4, 0.5) is 0 Å². The fraction of sp³-hybridized carbons (Fsp3) is 0.300. The molecule has 0 bridgehead atoms. The highest BCUT2D eigenvalue weighted by molar-refractivity contribution is 5.36. The highest BCUT2D eigenvalue weighted by atomic mass is 16.5. The van der Waals surface area contributed by atoms with Crippen molar-refractivity contribution in [2.75, 3.05) is 7.11 Å². The van der Waals surface area contributed by atoms with E-state index in [4.69, 9.17) is 4.74 Å². The Morgan fingerprint density at radius 1 is 0.960 bits per heavy atom. The van der Waals surface area contributed by atoms with Crippen molar-refractivity contribution in [1.82, 2.24) is 20.1 Å². The zero-order chi connectivity index (χ0) is 17.8. The van der Waals surface area contributed by atoms with Gasteiger partial charge in [-0.2, -0.15) is 0 Å². The number of hydrogen-bond donors (Lipinski definition) is 1. The Bertz CT molecular complexity index is 822. The molecule has 1 heterocycles. The summed E-state index contributed by atoms with van der Waals surface area (Å²) in [5, 5.41) is 12.0. The Balaban J connectivity index is 1.87. The van der Waals surface area contributed by atoms with Gasteiger partial charge in [-0.3, -0.25) is 5.32 Å². The molecular formula is C20H24N4O. The lowest BCUT2D eigenvalue weighted by molar-refractivity contribution is 0.414. The van der Waals surface area contributed by atoms with Crippen molar-refractivity contribution in [3.63, 3.8) is 0 Å². The molecule has 5 heteroatoms. The van der Waals surface area contributed by atoms with E-state index in [-0.39, 0.29) is 6.04 Å². The fourth-order valence-corrected chi connectivity index (χ4v) is 2.78. The van der Waals surface area contributed by atoms with E-state index in [1.165, 1.54) is 16.7 Å². The third kappa shape index (κ3) is 3.88. The summed E-state index contributed by atoms with van der Waals surface area (Å²) in [5.74, 6) is 2.69. The van der Waals surface area contributed by atoms with Gasteiger partial charge in [-0.25, -0.2) is 0 Å². The van der Waals surface area contributed by atoms with Crippen molar-refractivity contribution in [2.45, 2.75) is 26.4 Å². The van der Waals surface area contributed by atoms with Crippen LogP contribution in [-0.2, 0) is 13.6 Å².